The molecule has 0 spiro atoms. The zero-order valence-corrected chi connectivity index (χ0v) is 44.4. The lowest BCUT2D eigenvalue weighted by molar-refractivity contribution is -0.167. The summed E-state index contributed by atoms with van der Waals surface area (Å²) in [5.74, 6) is -0.900. The van der Waals surface area contributed by atoms with Crippen molar-refractivity contribution in [3.05, 3.63) is 60.8 Å². The molecule has 0 unspecified atom stereocenters. The summed E-state index contributed by atoms with van der Waals surface area (Å²) in [6.45, 7) is 6.58. The van der Waals surface area contributed by atoms with E-state index >= 15 is 0 Å². The molecule has 67 heavy (non-hydrogen) atoms. The zero-order chi connectivity index (χ0) is 48.6. The van der Waals surface area contributed by atoms with Crippen LogP contribution in [-0.2, 0) is 28.6 Å². The molecule has 0 aliphatic heterocycles. The number of allylic oxidation sites excluding steroid dienone is 10. The van der Waals surface area contributed by atoms with Crippen molar-refractivity contribution in [1.82, 2.24) is 0 Å². The Morgan fingerprint density at radius 1 is 0.299 bits per heavy atom. The van der Waals surface area contributed by atoms with Crippen LogP contribution in [0.4, 0.5) is 0 Å². The zero-order valence-electron chi connectivity index (χ0n) is 44.4. The van der Waals surface area contributed by atoms with Crippen molar-refractivity contribution in [1.29, 1.82) is 0 Å². The molecule has 388 valence electrons. The van der Waals surface area contributed by atoms with Gasteiger partial charge < -0.3 is 14.2 Å². The van der Waals surface area contributed by atoms with Crippen LogP contribution in [0.25, 0.3) is 0 Å². The average molecular weight is 938 g/mol. The molecule has 0 N–H and O–H groups in total. The maximum Gasteiger partial charge on any atom is 0.306 e. The van der Waals surface area contributed by atoms with Gasteiger partial charge in [-0.25, -0.2) is 0 Å². The van der Waals surface area contributed by atoms with Crippen molar-refractivity contribution in [2.24, 2.45) is 0 Å². The second-order valence-electron chi connectivity index (χ2n) is 19.2. The van der Waals surface area contributed by atoms with E-state index in [1.54, 1.807) is 0 Å². The van der Waals surface area contributed by atoms with Gasteiger partial charge in [-0.05, 0) is 109 Å². The van der Waals surface area contributed by atoms with E-state index in [9.17, 15) is 14.4 Å². The standard InChI is InChI=1S/C61H108O6/c1-4-7-10-13-16-19-22-25-28-29-30-31-34-36-39-42-45-48-51-54-60(63)66-57-58(67-61(64)55-52-49-46-43-40-37-33-27-24-21-18-15-12-9-6-3)56-65-59(62)53-50-47-44-41-38-35-32-26-23-20-17-14-11-8-5-2/h16,18-19,21,25-28,32-33,58H,4-15,17,20,22-24,29-31,34-57H2,1-3H3/b19-16-,21-18-,28-25-,32-26-,33-27-/t58-/m0/s1. The summed E-state index contributed by atoms with van der Waals surface area (Å²) in [6.07, 6.45) is 69.2. The van der Waals surface area contributed by atoms with Crippen LogP contribution in [0.1, 0.15) is 290 Å². The highest BCUT2D eigenvalue weighted by Crippen LogP contribution is 2.15. The van der Waals surface area contributed by atoms with Crippen molar-refractivity contribution < 1.29 is 28.6 Å². The molecule has 0 fully saturated rings. The summed E-state index contributed by atoms with van der Waals surface area (Å²) < 4.78 is 16.9. The summed E-state index contributed by atoms with van der Waals surface area (Å²) in [6, 6.07) is 0. The number of esters is 3. The fourth-order valence-electron chi connectivity index (χ4n) is 8.09. The number of ether oxygens (including phenoxy) is 3. The number of hydrogen-bond donors (Lipinski definition) is 0. The number of rotatable bonds is 52. The van der Waals surface area contributed by atoms with Crippen molar-refractivity contribution >= 4 is 17.9 Å². The lowest BCUT2D eigenvalue weighted by Crippen LogP contribution is -2.30. The minimum Gasteiger partial charge on any atom is -0.462 e. The predicted molar refractivity (Wildman–Crippen MR) is 288 cm³/mol. The van der Waals surface area contributed by atoms with E-state index in [1.165, 1.54) is 154 Å². The fourth-order valence-corrected chi connectivity index (χ4v) is 8.09. The Hall–Kier alpha value is -2.89. The Labute approximate surface area is 415 Å². The second-order valence-corrected chi connectivity index (χ2v) is 19.2. The number of carbonyl (C=O) groups is 3. The molecule has 0 aromatic carbocycles. The Morgan fingerprint density at radius 2 is 0.537 bits per heavy atom. The monoisotopic (exact) mass is 937 g/mol. The van der Waals surface area contributed by atoms with Crippen LogP contribution in [0.2, 0.25) is 0 Å². The molecule has 0 amide bonds. The maximum atomic E-state index is 12.8. The van der Waals surface area contributed by atoms with E-state index in [1.807, 2.05) is 0 Å². The van der Waals surface area contributed by atoms with Gasteiger partial charge >= 0.3 is 17.9 Å². The largest absolute Gasteiger partial charge is 0.462 e. The molecule has 0 bridgehead atoms. The highest BCUT2D eigenvalue weighted by molar-refractivity contribution is 5.71. The van der Waals surface area contributed by atoms with Gasteiger partial charge in [0.2, 0.25) is 0 Å². The quantitative estimate of drug-likeness (QED) is 0.0262. The molecule has 6 nitrogen and oxygen atoms in total. The molecule has 1 atom stereocenters. The van der Waals surface area contributed by atoms with Crippen molar-refractivity contribution in [3.8, 4) is 0 Å². The first-order valence-corrected chi connectivity index (χ1v) is 28.8. The van der Waals surface area contributed by atoms with Crippen LogP contribution in [0.15, 0.2) is 60.8 Å². The summed E-state index contributed by atoms with van der Waals surface area (Å²) >= 11 is 0. The molecule has 0 aliphatic rings. The van der Waals surface area contributed by atoms with E-state index in [-0.39, 0.29) is 31.1 Å². The normalized spacial score (nSPS) is 12.5. The average Bonchev–Trinajstić information content (AvgIpc) is 3.33. The molecular weight excluding hydrogens is 829 g/mol. The van der Waals surface area contributed by atoms with E-state index in [2.05, 4.69) is 81.5 Å². The third kappa shape index (κ3) is 53.9. The van der Waals surface area contributed by atoms with Crippen LogP contribution in [0, 0.1) is 0 Å². The SMILES string of the molecule is CCCCC/C=C\C/C=C\CCCCCCCCCCCC(=O)OC[C@H](COC(=O)CCCCCCC/C=C\CCCCCCCC)OC(=O)CCCCCCC/C=C\C/C=C\CCCCC. The molecular formula is C61H108O6. The third-order valence-electron chi connectivity index (χ3n) is 12.5. The van der Waals surface area contributed by atoms with Crippen molar-refractivity contribution in [3.63, 3.8) is 0 Å². The highest BCUT2D eigenvalue weighted by Gasteiger charge is 2.19. The van der Waals surface area contributed by atoms with Gasteiger partial charge in [-0.3, -0.25) is 14.4 Å². The van der Waals surface area contributed by atoms with Gasteiger partial charge in [-0.1, -0.05) is 223 Å². The molecule has 0 aromatic heterocycles. The summed E-state index contributed by atoms with van der Waals surface area (Å²) in [4.78, 5) is 38.1. The van der Waals surface area contributed by atoms with Crippen LogP contribution in [-0.4, -0.2) is 37.2 Å². The topological polar surface area (TPSA) is 78.9 Å². The van der Waals surface area contributed by atoms with Crippen molar-refractivity contribution in [2.45, 2.75) is 297 Å². The third-order valence-corrected chi connectivity index (χ3v) is 12.5. The summed E-state index contributed by atoms with van der Waals surface area (Å²) in [7, 11) is 0. The summed E-state index contributed by atoms with van der Waals surface area (Å²) in [5.41, 5.74) is 0. The van der Waals surface area contributed by atoms with Gasteiger partial charge in [0.25, 0.3) is 0 Å². The predicted octanol–water partition coefficient (Wildman–Crippen LogP) is 19.2. The van der Waals surface area contributed by atoms with Crippen LogP contribution in [0.5, 0.6) is 0 Å². The lowest BCUT2D eigenvalue weighted by Gasteiger charge is -2.18. The van der Waals surface area contributed by atoms with Gasteiger partial charge in [0.05, 0.1) is 0 Å². The molecule has 0 radical (unpaired) electrons. The fraction of sp³-hybridized carbons (Fsp3) is 0.787. The maximum absolute atomic E-state index is 12.8. The highest BCUT2D eigenvalue weighted by atomic mass is 16.6. The van der Waals surface area contributed by atoms with Gasteiger partial charge in [-0.2, -0.15) is 0 Å². The van der Waals surface area contributed by atoms with Crippen LogP contribution < -0.4 is 0 Å². The lowest BCUT2D eigenvalue weighted by atomic mass is 10.1. The van der Waals surface area contributed by atoms with Crippen LogP contribution in [0.3, 0.4) is 0 Å². The first-order valence-electron chi connectivity index (χ1n) is 28.8. The molecule has 0 aliphatic carbocycles. The van der Waals surface area contributed by atoms with Gasteiger partial charge in [-0.15, -0.1) is 0 Å². The summed E-state index contributed by atoms with van der Waals surface area (Å²) in [5, 5.41) is 0. The van der Waals surface area contributed by atoms with Gasteiger partial charge in [0.1, 0.15) is 13.2 Å². The van der Waals surface area contributed by atoms with E-state index in [0.29, 0.717) is 19.3 Å². The molecule has 0 saturated carbocycles. The van der Waals surface area contributed by atoms with Gasteiger partial charge in [0.15, 0.2) is 6.10 Å². The first-order chi connectivity index (χ1) is 33.0. The van der Waals surface area contributed by atoms with Crippen molar-refractivity contribution in [2.75, 3.05) is 13.2 Å². The molecule has 0 aromatic rings. The van der Waals surface area contributed by atoms with E-state index in [0.717, 1.165) is 96.3 Å². The molecule has 6 heteroatoms. The minimum absolute atomic E-state index is 0.0839. The second kappa shape index (κ2) is 55.7. The van der Waals surface area contributed by atoms with E-state index < -0.39 is 6.10 Å². The Kier molecular flexibility index (Phi) is 53.3. The Balaban J connectivity index is 4.39. The number of unbranched alkanes of at least 4 members (excludes halogenated alkanes) is 31. The first kappa shape index (κ1) is 64.1. The van der Waals surface area contributed by atoms with E-state index in [4.69, 9.17) is 14.2 Å². The van der Waals surface area contributed by atoms with Crippen LogP contribution >= 0.6 is 0 Å². The molecule has 0 heterocycles. The number of carbonyl (C=O) groups excluding carboxylic acids is 3. The molecule has 0 rings (SSSR count). The van der Waals surface area contributed by atoms with Gasteiger partial charge in [0, 0.05) is 19.3 Å². The minimum atomic E-state index is -0.786. The number of hydrogen-bond acceptors (Lipinski definition) is 6. The smallest absolute Gasteiger partial charge is 0.306 e. The molecule has 0 saturated heterocycles. The Morgan fingerprint density at radius 3 is 0.866 bits per heavy atom. The Bertz CT molecular complexity index is 1210.